The van der Waals surface area contributed by atoms with Gasteiger partial charge in [-0.15, -0.1) is 0 Å². The lowest BCUT2D eigenvalue weighted by molar-refractivity contribution is -0.137. The van der Waals surface area contributed by atoms with Crippen molar-refractivity contribution >= 4 is 11.7 Å². The highest BCUT2D eigenvalue weighted by Gasteiger charge is 2.30. The molecule has 2 amide bonds. The molecular formula is C16H21F3N2O2. The number of nitrogens with one attached hydrogen (secondary N) is 2. The van der Waals surface area contributed by atoms with E-state index in [4.69, 9.17) is 0 Å². The Kier molecular flexibility index (Phi) is 5.87. The van der Waals surface area contributed by atoms with E-state index in [1.54, 1.807) is 0 Å². The number of halogens is 3. The van der Waals surface area contributed by atoms with E-state index in [2.05, 4.69) is 10.6 Å². The Morgan fingerprint density at radius 3 is 2.61 bits per heavy atom. The van der Waals surface area contributed by atoms with Gasteiger partial charge in [0.1, 0.15) is 0 Å². The first-order valence-electron chi connectivity index (χ1n) is 7.76. The molecule has 0 aliphatic heterocycles. The van der Waals surface area contributed by atoms with Gasteiger partial charge in [-0.1, -0.05) is 25.3 Å². The number of alkyl halides is 3. The van der Waals surface area contributed by atoms with E-state index in [0.29, 0.717) is 0 Å². The van der Waals surface area contributed by atoms with Crippen molar-refractivity contribution in [2.45, 2.75) is 44.4 Å². The van der Waals surface area contributed by atoms with E-state index >= 15 is 0 Å². The van der Waals surface area contributed by atoms with Crippen LogP contribution in [0.25, 0.3) is 0 Å². The summed E-state index contributed by atoms with van der Waals surface area (Å²) in [6, 6.07) is 3.80. The Hall–Kier alpha value is -1.76. The second-order valence-electron chi connectivity index (χ2n) is 5.88. The molecule has 128 valence electrons. The van der Waals surface area contributed by atoms with Gasteiger partial charge in [-0.25, -0.2) is 4.79 Å². The van der Waals surface area contributed by atoms with Gasteiger partial charge in [0, 0.05) is 12.2 Å². The Labute approximate surface area is 133 Å². The van der Waals surface area contributed by atoms with Crippen LogP contribution in [0, 0.1) is 5.92 Å². The zero-order valence-electron chi connectivity index (χ0n) is 12.7. The molecule has 1 aliphatic carbocycles. The van der Waals surface area contributed by atoms with Crippen LogP contribution in [-0.2, 0) is 6.18 Å². The third-order valence-corrected chi connectivity index (χ3v) is 4.11. The molecule has 2 rings (SSSR count). The highest BCUT2D eigenvalue weighted by Crippen LogP contribution is 2.30. The number of anilines is 1. The minimum absolute atomic E-state index is 0.0597. The van der Waals surface area contributed by atoms with Crippen LogP contribution in [0.1, 0.15) is 37.7 Å². The molecule has 0 heterocycles. The van der Waals surface area contributed by atoms with Gasteiger partial charge in [0.25, 0.3) is 0 Å². The summed E-state index contributed by atoms with van der Waals surface area (Å²) in [6.07, 6.45) is 0.146. The number of rotatable bonds is 4. The fourth-order valence-electron chi connectivity index (χ4n) is 2.83. The number of aliphatic hydroxyl groups excluding tert-OH is 1. The average molecular weight is 330 g/mol. The van der Waals surface area contributed by atoms with Gasteiger partial charge in [0.05, 0.1) is 11.7 Å². The first-order valence-corrected chi connectivity index (χ1v) is 7.76. The molecule has 0 spiro atoms. The fraction of sp³-hybridized carbons (Fsp3) is 0.562. The summed E-state index contributed by atoms with van der Waals surface area (Å²) < 4.78 is 37.8. The molecule has 1 aliphatic rings. The van der Waals surface area contributed by atoms with Crippen molar-refractivity contribution in [3.05, 3.63) is 29.8 Å². The number of hydrogen-bond donors (Lipinski definition) is 3. The van der Waals surface area contributed by atoms with Crippen molar-refractivity contribution in [1.82, 2.24) is 5.32 Å². The second-order valence-corrected chi connectivity index (χ2v) is 5.88. The van der Waals surface area contributed by atoms with E-state index in [0.717, 1.165) is 37.8 Å². The molecule has 1 aromatic rings. The van der Waals surface area contributed by atoms with Crippen LogP contribution in [0.2, 0.25) is 0 Å². The summed E-state index contributed by atoms with van der Waals surface area (Å²) in [5, 5.41) is 14.9. The molecule has 0 aromatic heterocycles. The monoisotopic (exact) mass is 330 g/mol. The summed E-state index contributed by atoms with van der Waals surface area (Å²) in [7, 11) is 0. The molecule has 0 unspecified atom stereocenters. The van der Waals surface area contributed by atoms with Gasteiger partial charge in [-0.2, -0.15) is 13.2 Å². The van der Waals surface area contributed by atoms with Gasteiger partial charge in [-0.3, -0.25) is 0 Å². The zero-order valence-corrected chi connectivity index (χ0v) is 12.7. The Bertz CT molecular complexity index is 528. The lowest BCUT2D eigenvalue weighted by Gasteiger charge is -2.26. The van der Waals surface area contributed by atoms with Crippen molar-refractivity contribution in [3.63, 3.8) is 0 Å². The molecule has 0 radical (unpaired) electrons. The summed E-state index contributed by atoms with van der Waals surface area (Å²) in [5.41, 5.74) is -0.762. The minimum Gasteiger partial charge on any atom is -0.391 e. The van der Waals surface area contributed by atoms with Gasteiger partial charge in [0.15, 0.2) is 0 Å². The standard InChI is InChI=1S/C16H21F3N2O2/c17-16(18,19)12-7-4-8-13(9-12)21-15(23)20-10-14(22)11-5-2-1-3-6-11/h4,7-9,11,14,22H,1-3,5-6,10H2,(H2,20,21,23)/t14-/m1/s1. The molecule has 1 atom stereocenters. The van der Waals surface area contributed by atoms with Crippen molar-refractivity contribution in [2.75, 3.05) is 11.9 Å². The summed E-state index contributed by atoms with van der Waals surface area (Å²) in [5.74, 6) is 0.178. The maximum atomic E-state index is 12.6. The van der Waals surface area contributed by atoms with Gasteiger partial charge in [-0.05, 0) is 37.0 Å². The van der Waals surface area contributed by atoms with Crippen molar-refractivity contribution in [2.24, 2.45) is 5.92 Å². The largest absolute Gasteiger partial charge is 0.416 e. The maximum absolute atomic E-state index is 12.6. The first-order chi connectivity index (χ1) is 10.9. The van der Waals surface area contributed by atoms with E-state index < -0.39 is 23.9 Å². The molecule has 0 saturated heterocycles. The molecule has 1 saturated carbocycles. The molecule has 23 heavy (non-hydrogen) atoms. The van der Waals surface area contributed by atoms with E-state index in [1.807, 2.05) is 0 Å². The van der Waals surface area contributed by atoms with Crippen molar-refractivity contribution in [1.29, 1.82) is 0 Å². The molecule has 4 nitrogen and oxygen atoms in total. The number of amides is 2. The zero-order chi connectivity index (χ0) is 16.9. The molecule has 7 heteroatoms. The quantitative estimate of drug-likeness (QED) is 0.787. The third kappa shape index (κ3) is 5.42. The first kappa shape index (κ1) is 17.6. The summed E-state index contributed by atoms with van der Waals surface area (Å²) in [4.78, 5) is 11.7. The third-order valence-electron chi connectivity index (χ3n) is 4.11. The normalized spacial score (nSPS) is 17.6. The van der Waals surface area contributed by atoms with Crippen LogP contribution in [-0.4, -0.2) is 23.8 Å². The SMILES string of the molecule is O=C(NC[C@@H](O)C1CCCCC1)Nc1cccc(C(F)(F)F)c1. The molecule has 1 fully saturated rings. The van der Waals surface area contributed by atoms with Gasteiger partial charge >= 0.3 is 12.2 Å². The average Bonchev–Trinajstić information content (AvgIpc) is 2.53. The number of aliphatic hydroxyl groups is 1. The number of carbonyl (C=O) groups excluding carboxylic acids is 1. The Morgan fingerprint density at radius 2 is 1.96 bits per heavy atom. The van der Waals surface area contributed by atoms with Crippen LogP contribution >= 0.6 is 0 Å². The van der Waals surface area contributed by atoms with E-state index in [-0.39, 0.29) is 18.2 Å². The second kappa shape index (κ2) is 7.68. The topological polar surface area (TPSA) is 61.4 Å². The van der Waals surface area contributed by atoms with E-state index in [9.17, 15) is 23.1 Å². The molecule has 3 N–H and O–H groups in total. The number of benzene rings is 1. The smallest absolute Gasteiger partial charge is 0.391 e. The highest BCUT2D eigenvalue weighted by molar-refractivity contribution is 5.89. The van der Waals surface area contributed by atoms with E-state index in [1.165, 1.54) is 18.6 Å². The van der Waals surface area contributed by atoms with Crippen LogP contribution in [0.3, 0.4) is 0 Å². The minimum atomic E-state index is -4.45. The van der Waals surface area contributed by atoms with Crippen molar-refractivity contribution in [3.8, 4) is 0 Å². The lowest BCUT2D eigenvalue weighted by Crippen LogP contribution is -2.39. The molecule has 0 bridgehead atoms. The van der Waals surface area contributed by atoms with Crippen LogP contribution in [0.4, 0.5) is 23.7 Å². The van der Waals surface area contributed by atoms with Crippen LogP contribution in [0.15, 0.2) is 24.3 Å². The number of hydrogen-bond acceptors (Lipinski definition) is 2. The van der Waals surface area contributed by atoms with Gasteiger partial charge in [0.2, 0.25) is 0 Å². The number of urea groups is 1. The predicted octanol–water partition coefficient (Wildman–Crippen LogP) is 3.77. The Morgan fingerprint density at radius 1 is 1.26 bits per heavy atom. The van der Waals surface area contributed by atoms with Crippen LogP contribution < -0.4 is 10.6 Å². The number of carbonyl (C=O) groups is 1. The van der Waals surface area contributed by atoms with Gasteiger partial charge < -0.3 is 15.7 Å². The lowest BCUT2D eigenvalue weighted by atomic mass is 9.85. The molecular weight excluding hydrogens is 309 g/mol. The predicted molar refractivity (Wildman–Crippen MR) is 81.0 cm³/mol. The fourth-order valence-corrected chi connectivity index (χ4v) is 2.83. The van der Waals surface area contributed by atoms with Crippen LogP contribution in [0.5, 0.6) is 0 Å². The van der Waals surface area contributed by atoms with Crippen molar-refractivity contribution < 1.29 is 23.1 Å². The molecule has 1 aromatic carbocycles. The summed E-state index contributed by atoms with van der Waals surface area (Å²) in [6.45, 7) is 0.0927. The highest BCUT2D eigenvalue weighted by atomic mass is 19.4. The summed E-state index contributed by atoms with van der Waals surface area (Å²) >= 11 is 0. The Balaban J connectivity index is 1.82. The maximum Gasteiger partial charge on any atom is 0.416 e.